The third-order valence-corrected chi connectivity index (χ3v) is 3.83. The zero-order valence-electron chi connectivity index (χ0n) is 10.2. The highest BCUT2D eigenvalue weighted by Gasteiger charge is 2.09. The van der Waals surface area contributed by atoms with Crippen molar-refractivity contribution in [3.05, 3.63) is 65.7 Å². The molecule has 1 unspecified atom stereocenters. The standard InChI is InChI=1S/C15H14F2OS/c16-12-5-7-14(8-6-12)19-10-13(18)9-11-3-1-2-4-15(11)17/h1-8,13,18H,9-10H2. The van der Waals surface area contributed by atoms with Gasteiger partial charge in [-0.25, -0.2) is 8.78 Å². The smallest absolute Gasteiger partial charge is 0.126 e. The lowest BCUT2D eigenvalue weighted by Gasteiger charge is -2.11. The number of aliphatic hydroxyl groups excluding tert-OH is 1. The zero-order chi connectivity index (χ0) is 13.7. The summed E-state index contributed by atoms with van der Waals surface area (Å²) >= 11 is 1.42. The summed E-state index contributed by atoms with van der Waals surface area (Å²) < 4.78 is 26.1. The first-order valence-electron chi connectivity index (χ1n) is 5.95. The molecule has 1 nitrogen and oxygen atoms in total. The fraction of sp³-hybridized carbons (Fsp3) is 0.200. The second-order valence-corrected chi connectivity index (χ2v) is 5.31. The monoisotopic (exact) mass is 280 g/mol. The molecule has 100 valence electrons. The van der Waals surface area contributed by atoms with Gasteiger partial charge in [-0.2, -0.15) is 0 Å². The molecule has 0 heterocycles. The fourth-order valence-corrected chi connectivity index (χ4v) is 2.53. The van der Waals surface area contributed by atoms with E-state index in [0.717, 1.165) is 4.90 Å². The van der Waals surface area contributed by atoms with Crippen LogP contribution in [0, 0.1) is 11.6 Å². The normalized spacial score (nSPS) is 12.4. The van der Waals surface area contributed by atoms with Crippen molar-refractivity contribution in [3.63, 3.8) is 0 Å². The first-order valence-corrected chi connectivity index (χ1v) is 6.93. The molecule has 1 N–H and O–H groups in total. The average Bonchev–Trinajstić information content (AvgIpc) is 2.41. The minimum Gasteiger partial charge on any atom is -0.392 e. The maximum absolute atomic E-state index is 13.4. The Morgan fingerprint density at radius 3 is 2.37 bits per heavy atom. The van der Waals surface area contributed by atoms with E-state index in [2.05, 4.69) is 0 Å². The van der Waals surface area contributed by atoms with Crippen molar-refractivity contribution in [2.45, 2.75) is 17.4 Å². The highest BCUT2D eigenvalue weighted by atomic mass is 32.2. The van der Waals surface area contributed by atoms with Gasteiger partial charge >= 0.3 is 0 Å². The lowest BCUT2D eigenvalue weighted by atomic mass is 10.1. The van der Waals surface area contributed by atoms with Crippen LogP contribution in [0.1, 0.15) is 5.56 Å². The molecule has 0 spiro atoms. The van der Waals surface area contributed by atoms with Crippen LogP contribution in [0.5, 0.6) is 0 Å². The van der Waals surface area contributed by atoms with E-state index in [1.54, 1.807) is 30.3 Å². The van der Waals surface area contributed by atoms with Crippen molar-refractivity contribution in [2.24, 2.45) is 0 Å². The Labute approximate surface area is 115 Å². The molecule has 0 saturated heterocycles. The quantitative estimate of drug-likeness (QED) is 0.843. The molecule has 0 saturated carbocycles. The topological polar surface area (TPSA) is 20.2 Å². The highest BCUT2D eigenvalue weighted by Crippen LogP contribution is 2.20. The van der Waals surface area contributed by atoms with E-state index in [1.807, 2.05) is 0 Å². The van der Waals surface area contributed by atoms with E-state index in [-0.39, 0.29) is 18.1 Å². The summed E-state index contributed by atoms with van der Waals surface area (Å²) in [4.78, 5) is 0.883. The summed E-state index contributed by atoms with van der Waals surface area (Å²) in [6, 6.07) is 12.5. The van der Waals surface area contributed by atoms with E-state index < -0.39 is 6.10 Å². The molecule has 0 aliphatic heterocycles. The number of thioether (sulfide) groups is 1. The molecule has 4 heteroatoms. The van der Waals surface area contributed by atoms with Crippen molar-refractivity contribution in [3.8, 4) is 0 Å². The Kier molecular flexibility index (Phi) is 4.93. The second kappa shape index (κ2) is 6.68. The van der Waals surface area contributed by atoms with Gasteiger partial charge in [0.25, 0.3) is 0 Å². The van der Waals surface area contributed by atoms with Crippen LogP contribution in [0.15, 0.2) is 53.4 Å². The van der Waals surface area contributed by atoms with Crippen LogP contribution >= 0.6 is 11.8 Å². The molecule has 0 aliphatic rings. The van der Waals surface area contributed by atoms with Gasteiger partial charge < -0.3 is 5.11 Å². The van der Waals surface area contributed by atoms with Gasteiger partial charge in [-0.1, -0.05) is 18.2 Å². The summed E-state index contributed by atoms with van der Waals surface area (Å²) in [6.45, 7) is 0. The average molecular weight is 280 g/mol. The molecule has 0 amide bonds. The Morgan fingerprint density at radius 1 is 1.00 bits per heavy atom. The molecule has 0 aliphatic carbocycles. The predicted molar refractivity (Wildman–Crippen MR) is 73.2 cm³/mol. The summed E-state index contributed by atoms with van der Waals surface area (Å²) in [5, 5.41) is 9.88. The maximum atomic E-state index is 13.4. The fourth-order valence-electron chi connectivity index (χ4n) is 1.70. The zero-order valence-corrected chi connectivity index (χ0v) is 11.0. The molecular formula is C15H14F2OS. The Bertz CT molecular complexity index is 528. The van der Waals surface area contributed by atoms with Crippen molar-refractivity contribution in [2.75, 3.05) is 5.75 Å². The molecule has 19 heavy (non-hydrogen) atoms. The third-order valence-electron chi connectivity index (χ3n) is 2.67. The lowest BCUT2D eigenvalue weighted by Crippen LogP contribution is -2.14. The van der Waals surface area contributed by atoms with Gasteiger partial charge in [0.15, 0.2) is 0 Å². The first kappa shape index (κ1) is 14.0. The second-order valence-electron chi connectivity index (χ2n) is 4.21. The van der Waals surface area contributed by atoms with Gasteiger partial charge in [0, 0.05) is 17.1 Å². The van der Waals surface area contributed by atoms with Crippen LogP contribution in [0.25, 0.3) is 0 Å². The molecule has 0 radical (unpaired) electrons. The summed E-state index contributed by atoms with van der Waals surface area (Å²) in [7, 11) is 0. The van der Waals surface area contributed by atoms with Gasteiger partial charge in [-0.05, 0) is 35.9 Å². The van der Waals surface area contributed by atoms with Gasteiger partial charge in [-0.3, -0.25) is 0 Å². The third kappa shape index (κ3) is 4.33. The maximum Gasteiger partial charge on any atom is 0.126 e. The number of benzene rings is 2. The number of halogens is 2. The number of hydrogen-bond donors (Lipinski definition) is 1. The molecule has 0 bridgehead atoms. The number of rotatable bonds is 5. The van der Waals surface area contributed by atoms with Crippen molar-refractivity contribution in [1.29, 1.82) is 0 Å². The minimum atomic E-state index is -0.632. The lowest BCUT2D eigenvalue weighted by molar-refractivity contribution is 0.198. The van der Waals surface area contributed by atoms with Crippen LogP contribution in [0.3, 0.4) is 0 Å². The predicted octanol–water partition coefficient (Wildman–Crippen LogP) is 3.66. The van der Waals surface area contributed by atoms with Crippen LogP contribution in [-0.4, -0.2) is 17.0 Å². The SMILES string of the molecule is OC(CSc1ccc(F)cc1)Cc1ccccc1F. The Balaban J connectivity index is 1.86. The van der Waals surface area contributed by atoms with E-state index in [9.17, 15) is 13.9 Å². The van der Waals surface area contributed by atoms with Gasteiger partial charge in [0.1, 0.15) is 11.6 Å². The minimum absolute atomic E-state index is 0.279. The molecule has 0 aromatic heterocycles. The summed E-state index contributed by atoms with van der Waals surface area (Å²) in [5.41, 5.74) is 0.509. The van der Waals surface area contributed by atoms with Crippen molar-refractivity contribution < 1.29 is 13.9 Å². The molecular weight excluding hydrogens is 266 g/mol. The van der Waals surface area contributed by atoms with Crippen molar-refractivity contribution >= 4 is 11.8 Å². The van der Waals surface area contributed by atoms with Gasteiger partial charge in [-0.15, -0.1) is 11.8 Å². The Hall–Kier alpha value is -1.39. The van der Waals surface area contributed by atoms with E-state index in [0.29, 0.717) is 11.3 Å². The van der Waals surface area contributed by atoms with Crippen LogP contribution in [0.2, 0.25) is 0 Å². The Morgan fingerprint density at radius 2 is 1.68 bits per heavy atom. The first-order chi connectivity index (χ1) is 9.15. The van der Waals surface area contributed by atoms with Gasteiger partial charge in [0.2, 0.25) is 0 Å². The van der Waals surface area contributed by atoms with Crippen LogP contribution in [-0.2, 0) is 6.42 Å². The van der Waals surface area contributed by atoms with E-state index in [1.165, 1.54) is 30.0 Å². The molecule has 0 fully saturated rings. The molecule has 2 rings (SSSR count). The van der Waals surface area contributed by atoms with Crippen molar-refractivity contribution in [1.82, 2.24) is 0 Å². The number of aliphatic hydroxyl groups is 1. The molecule has 2 aromatic rings. The highest BCUT2D eigenvalue weighted by molar-refractivity contribution is 7.99. The molecule has 1 atom stereocenters. The van der Waals surface area contributed by atoms with Crippen LogP contribution in [0.4, 0.5) is 8.78 Å². The van der Waals surface area contributed by atoms with Gasteiger partial charge in [0.05, 0.1) is 6.10 Å². The molecule has 2 aromatic carbocycles. The van der Waals surface area contributed by atoms with Crippen LogP contribution < -0.4 is 0 Å². The van der Waals surface area contributed by atoms with E-state index >= 15 is 0 Å². The van der Waals surface area contributed by atoms with E-state index in [4.69, 9.17) is 0 Å². The largest absolute Gasteiger partial charge is 0.392 e. The summed E-state index contributed by atoms with van der Waals surface area (Å²) in [6.07, 6.45) is -0.354. The summed E-state index contributed by atoms with van der Waals surface area (Å²) in [5.74, 6) is -0.135. The number of hydrogen-bond acceptors (Lipinski definition) is 2.